The molecule has 5 heteroatoms. The molecule has 0 fully saturated rings. The molecule has 3 aromatic carbocycles. The van der Waals surface area contributed by atoms with Gasteiger partial charge >= 0.3 is 0 Å². The van der Waals surface area contributed by atoms with Gasteiger partial charge in [0.15, 0.2) is 11.6 Å². The third-order valence-electron chi connectivity index (χ3n) is 7.33. The van der Waals surface area contributed by atoms with E-state index in [0.29, 0.717) is 41.1 Å². The molecule has 184 valence electrons. The fourth-order valence-corrected chi connectivity index (χ4v) is 5.58. The van der Waals surface area contributed by atoms with Crippen LogP contribution in [0.25, 0.3) is 28.0 Å². The number of carbonyl (C=O) groups is 2. The van der Waals surface area contributed by atoms with Gasteiger partial charge in [-0.25, -0.2) is 4.98 Å². The van der Waals surface area contributed by atoms with Crippen LogP contribution in [0.4, 0.5) is 0 Å². The van der Waals surface area contributed by atoms with Gasteiger partial charge in [0.1, 0.15) is 11.6 Å². The number of fused-ring (bicyclic) bond motifs is 4. The Hall–Kier alpha value is -4.25. The topological polar surface area (TPSA) is 61.2 Å². The Morgan fingerprint density at radius 3 is 2.32 bits per heavy atom. The van der Waals surface area contributed by atoms with Crippen LogP contribution in [0.3, 0.4) is 0 Å². The van der Waals surface area contributed by atoms with Gasteiger partial charge in [0.25, 0.3) is 0 Å². The lowest BCUT2D eigenvalue weighted by Gasteiger charge is -2.35. The number of carbonyl (C=O) groups excluding carboxylic acids is 2. The number of aryl methyl sites for hydroxylation is 1. The van der Waals surface area contributed by atoms with E-state index in [0.717, 1.165) is 33.4 Å². The number of nitrogens with zero attached hydrogens (tertiary/aromatic N) is 2. The minimum Gasteiger partial charge on any atom is -0.497 e. The Morgan fingerprint density at radius 1 is 0.919 bits per heavy atom. The number of hydrogen-bond acceptors (Lipinski definition) is 4. The summed E-state index contributed by atoms with van der Waals surface area (Å²) in [4.78, 5) is 33.2. The quantitative estimate of drug-likeness (QED) is 0.260. The number of aromatic nitrogens is 2. The van der Waals surface area contributed by atoms with E-state index >= 15 is 0 Å². The maximum absolute atomic E-state index is 14.2. The van der Waals surface area contributed by atoms with Crippen LogP contribution in [0.5, 0.6) is 5.75 Å². The molecule has 0 bridgehead atoms. The summed E-state index contributed by atoms with van der Waals surface area (Å²) in [7, 11) is 1.60. The first kappa shape index (κ1) is 23.2. The molecule has 5 nitrogen and oxygen atoms in total. The average Bonchev–Trinajstić information content (AvgIpc) is 3.26. The second-order valence-corrected chi connectivity index (χ2v) is 10.7. The van der Waals surface area contributed by atoms with Crippen LogP contribution in [0.1, 0.15) is 57.8 Å². The fraction of sp³-hybridized carbons (Fsp3) is 0.219. The van der Waals surface area contributed by atoms with E-state index in [1.807, 2.05) is 24.3 Å². The second-order valence-electron chi connectivity index (χ2n) is 10.7. The van der Waals surface area contributed by atoms with Gasteiger partial charge in [0.2, 0.25) is 0 Å². The smallest absolute Gasteiger partial charge is 0.194 e. The maximum atomic E-state index is 14.2. The van der Waals surface area contributed by atoms with Gasteiger partial charge in [-0.3, -0.25) is 14.2 Å². The van der Waals surface area contributed by atoms with Crippen molar-refractivity contribution < 1.29 is 14.3 Å². The van der Waals surface area contributed by atoms with Gasteiger partial charge in [-0.2, -0.15) is 0 Å². The molecule has 6 rings (SSSR count). The molecule has 0 saturated heterocycles. The predicted octanol–water partition coefficient (Wildman–Crippen LogP) is 6.83. The molecule has 0 amide bonds. The van der Waals surface area contributed by atoms with Crippen LogP contribution in [0, 0.1) is 12.3 Å². The molecular weight excluding hydrogens is 460 g/mol. The minimum absolute atomic E-state index is 0.00356. The van der Waals surface area contributed by atoms with E-state index < -0.39 is 0 Å². The first-order chi connectivity index (χ1) is 17.8. The van der Waals surface area contributed by atoms with Gasteiger partial charge in [0.05, 0.1) is 12.6 Å². The molecule has 0 radical (unpaired) electrons. The number of para-hydroxylation sites is 1. The predicted molar refractivity (Wildman–Crippen MR) is 145 cm³/mol. The van der Waals surface area contributed by atoms with Crippen LogP contribution in [0.15, 0.2) is 72.8 Å². The van der Waals surface area contributed by atoms with E-state index in [2.05, 4.69) is 49.6 Å². The average molecular weight is 489 g/mol. The van der Waals surface area contributed by atoms with Crippen molar-refractivity contribution in [3.8, 4) is 22.8 Å². The molecule has 1 aliphatic carbocycles. The molecule has 0 unspecified atom stereocenters. The molecule has 0 atom stereocenters. The number of hydrogen-bond donors (Lipinski definition) is 0. The Balaban J connectivity index is 1.76. The van der Waals surface area contributed by atoms with Crippen LogP contribution < -0.4 is 4.74 Å². The monoisotopic (exact) mass is 488 g/mol. The van der Waals surface area contributed by atoms with Gasteiger partial charge < -0.3 is 4.74 Å². The number of methoxy groups -OCH3 is 1. The highest BCUT2D eigenvalue weighted by atomic mass is 16.5. The van der Waals surface area contributed by atoms with Crippen molar-refractivity contribution in [2.75, 3.05) is 7.11 Å². The zero-order valence-corrected chi connectivity index (χ0v) is 21.5. The molecule has 3 aromatic rings. The van der Waals surface area contributed by atoms with E-state index in [-0.39, 0.29) is 17.0 Å². The van der Waals surface area contributed by atoms with Crippen molar-refractivity contribution in [2.45, 2.75) is 33.6 Å². The van der Waals surface area contributed by atoms with Crippen molar-refractivity contribution in [3.63, 3.8) is 0 Å². The van der Waals surface area contributed by atoms with E-state index in [1.54, 1.807) is 31.4 Å². The normalized spacial score (nSPS) is 14.6. The zero-order chi connectivity index (χ0) is 25.9. The summed E-state index contributed by atoms with van der Waals surface area (Å²) in [5.41, 5.74) is 5.70. The zero-order valence-electron chi connectivity index (χ0n) is 21.5. The van der Waals surface area contributed by atoms with Crippen molar-refractivity contribution >= 4 is 22.5 Å². The fourth-order valence-electron chi connectivity index (χ4n) is 5.58. The highest BCUT2D eigenvalue weighted by molar-refractivity contribution is 6.23. The van der Waals surface area contributed by atoms with Crippen LogP contribution in [0.2, 0.25) is 0 Å². The summed E-state index contributed by atoms with van der Waals surface area (Å²) in [5, 5.41) is 0.871. The van der Waals surface area contributed by atoms with Crippen LogP contribution in [-0.2, 0) is 6.42 Å². The Bertz CT molecular complexity index is 1660. The first-order valence-corrected chi connectivity index (χ1v) is 12.5. The summed E-state index contributed by atoms with van der Waals surface area (Å²) in [6.07, 6.45) is 1.04. The molecule has 0 spiro atoms. The molecular formula is C32H28N2O3. The lowest BCUT2D eigenvalue weighted by molar-refractivity contribution is 0.0899. The van der Waals surface area contributed by atoms with Crippen molar-refractivity contribution in [1.82, 2.24) is 9.55 Å². The summed E-state index contributed by atoms with van der Waals surface area (Å²) >= 11 is 0. The Morgan fingerprint density at radius 2 is 1.62 bits per heavy atom. The van der Waals surface area contributed by atoms with Crippen molar-refractivity contribution in [1.29, 1.82) is 0 Å². The molecule has 3 aliphatic rings. The van der Waals surface area contributed by atoms with Crippen LogP contribution >= 0.6 is 0 Å². The Kier molecular flexibility index (Phi) is 5.27. The lowest BCUT2D eigenvalue weighted by Crippen LogP contribution is -2.33. The number of rotatable bonds is 4. The number of ether oxygens (including phenoxy) is 1. The molecule has 0 N–H and O–H groups in total. The molecule has 2 heterocycles. The van der Waals surface area contributed by atoms with Gasteiger partial charge in [-0.15, -0.1) is 0 Å². The van der Waals surface area contributed by atoms with Gasteiger partial charge in [-0.1, -0.05) is 49.7 Å². The molecule has 37 heavy (non-hydrogen) atoms. The number of pyridine rings is 1. The van der Waals surface area contributed by atoms with E-state index in [1.165, 1.54) is 0 Å². The maximum Gasteiger partial charge on any atom is 0.194 e. The summed E-state index contributed by atoms with van der Waals surface area (Å²) in [6, 6.07) is 23.2. The van der Waals surface area contributed by atoms with Crippen LogP contribution in [-0.4, -0.2) is 28.2 Å². The SMILES string of the molecule is COc1ccc(C(=O)c2c3c(n(-c4ccc(C)cc4)c4nc5ccccc5c2-4)CC(C)(C)CC3=O)cc1. The van der Waals surface area contributed by atoms with E-state index in [4.69, 9.17) is 9.72 Å². The first-order valence-electron chi connectivity index (χ1n) is 12.5. The molecule has 2 aliphatic heterocycles. The molecule has 0 saturated carbocycles. The van der Waals surface area contributed by atoms with Gasteiger partial charge in [-0.05, 0) is 61.2 Å². The number of ketones is 2. The summed E-state index contributed by atoms with van der Waals surface area (Å²) in [6.45, 7) is 6.27. The number of benzene rings is 3. The highest BCUT2D eigenvalue weighted by Crippen LogP contribution is 2.45. The summed E-state index contributed by atoms with van der Waals surface area (Å²) < 4.78 is 7.40. The van der Waals surface area contributed by atoms with Crippen molar-refractivity contribution in [2.24, 2.45) is 5.41 Å². The molecule has 0 aromatic heterocycles. The minimum atomic E-state index is -0.239. The van der Waals surface area contributed by atoms with Crippen molar-refractivity contribution in [3.05, 3.63) is 101 Å². The Labute approximate surface area is 216 Å². The summed E-state index contributed by atoms with van der Waals surface area (Å²) in [5.74, 6) is 1.20. The van der Waals surface area contributed by atoms with Gasteiger partial charge in [0, 0.05) is 45.4 Å². The standard InChI is InChI=1S/C32H28N2O3/c1-19-9-13-21(14-10-19)34-25-17-32(2,3)18-26(35)28(25)29(30(36)20-11-15-22(37-4)16-12-20)27-23-7-5-6-8-24(23)33-31(27)34/h5-16H,17-18H2,1-4H3. The van der Waals surface area contributed by atoms with E-state index in [9.17, 15) is 9.59 Å². The second kappa shape index (κ2) is 8.41. The number of Topliss-reactive ketones (excluding diaryl/α,β-unsaturated/α-hetero) is 1. The lowest BCUT2D eigenvalue weighted by atomic mass is 9.72. The third kappa shape index (κ3) is 3.73. The largest absolute Gasteiger partial charge is 0.497 e. The third-order valence-corrected chi connectivity index (χ3v) is 7.33. The highest BCUT2D eigenvalue weighted by Gasteiger charge is 2.40.